The van der Waals surface area contributed by atoms with Gasteiger partial charge in [-0.05, 0) is 56.6 Å². The van der Waals surface area contributed by atoms with Gasteiger partial charge in [0.25, 0.3) is 0 Å². The van der Waals surface area contributed by atoms with Crippen molar-refractivity contribution in [3.63, 3.8) is 0 Å². The molecule has 0 bridgehead atoms. The molecule has 1 atom stereocenters. The van der Waals surface area contributed by atoms with Crippen LogP contribution >= 0.6 is 22.9 Å². The van der Waals surface area contributed by atoms with Crippen LogP contribution in [-0.2, 0) is 11.8 Å². The van der Waals surface area contributed by atoms with Gasteiger partial charge in [0.15, 0.2) is 4.88 Å². The molecule has 1 N–H and O–H groups in total. The number of nitrogens with zero attached hydrogens (tertiary/aromatic N) is 4. The van der Waals surface area contributed by atoms with Crippen molar-refractivity contribution < 1.29 is 19.0 Å². The number of nitrogens with one attached hydrogen (secondary N) is 1. The smallest absolute Gasteiger partial charge is 0.351 e. The molecule has 5 aromatic rings. The Balaban J connectivity index is 1.29. The van der Waals surface area contributed by atoms with Crippen molar-refractivity contribution in [3.05, 3.63) is 76.6 Å². The Hall–Kier alpha value is -3.86. The molecule has 6 rings (SSSR count). The minimum Gasteiger partial charge on any atom is -0.489 e. The largest absolute Gasteiger partial charge is 0.489 e. The minimum atomic E-state index is -0.471. The van der Waals surface area contributed by atoms with Gasteiger partial charge in [-0.1, -0.05) is 29.8 Å². The first-order valence-corrected chi connectivity index (χ1v) is 14.6. The molecule has 11 heteroatoms. The second kappa shape index (κ2) is 11.6. The lowest BCUT2D eigenvalue weighted by molar-refractivity contribution is 0.0600. The van der Waals surface area contributed by atoms with Crippen molar-refractivity contribution in [2.24, 2.45) is 7.05 Å². The quantitative estimate of drug-likeness (QED) is 0.215. The molecule has 0 saturated carbocycles. The minimum absolute atomic E-state index is 0.121. The molecule has 0 spiro atoms. The monoisotopic (exact) mass is 591 g/mol. The van der Waals surface area contributed by atoms with E-state index in [1.54, 1.807) is 11.0 Å². The van der Waals surface area contributed by atoms with Crippen LogP contribution in [0.5, 0.6) is 11.5 Å². The van der Waals surface area contributed by atoms with E-state index in [0.717, 1.165) is 58.7 Å². The number of hydrogen-bond acceptors (Lipinski definition) is 8. The number of aromatic nitrogens is 4. The van der Waals surface area contributed by atoms with Gasteiger partial charge in [-0.15, -0.1) is 11.3 Å². The maximum Gasteiger partial charge on any atom is 0.351 e. The first kappa shape index (κ1) is 27.3. The van der Waals surface area contributed by atoms with Crippen LogP contribution in [0.25, 0.3) is 27.2 Å². The summed E-state index contributed by atoms with van der Waals surface area (Å²) in [6, 6.07) is 13.6. The number of carbonyl (C=O) groups excluding carboxylic acids is 1. The molecule has 1 aliphatic rings. The number of methoxy groups -OCH3 is 1. The molecule has 2 aromatic carbocycles. The number of benzene rings is 2. The number of halogens is 1. The summed E-state index contributed by atoms with van der Waals surface area (Å²) in [4.78, 5) is 17.8. The summed E-state index contributed by atoms with van der Waals surface area (Å²) >= 11 is 8.08. The van der Waals surface area contributed by atoms with E-state index >= 15 is 0 Å². The van der Waals surface area contributed by atoms with Crippen molar-refractivity contribution in [3.8, 4) is 27.6 Å². The van der Waals surface area contributed by atoms with Gasteiger partial charge in [0, 0.05) is 30.4 Å². The molecule has 9 nitrogen and oxygen atoms in total. The lowest BCUT2D eigenvalue weighted by atomic mass is 10.1. The second-order valence-corrected chi connectivity index (χ2v) is 11.4. The standard InChI is InChI=1S/C30H30ClN5O4S/c1-18(22-5-4-6-25(28(22)31)40-21-9-11-32-12-10-21)39-26-14-27(41-29(26)30(37)38-3)36-17-33-23-13-19(7-8-24(23)36)20-15-34-35(2)16-20/h4-8,13-18,21,32H,9-12H2,1-3H3/t18-/m1/s1. The van der Waals surface area contributed by atoms with E-state index in [1.165, 1.54) is 18.4 Å². The number of hydrogen-bond donors (Lipinski definition) is 1. The summed E-state index contributed by atoms with van der Waals surface area (Å²) in [5.41, 5.74) is 4.55. The van der Waals surface area contributed by atoms with Crippen molar-refractivity contribution >= 4 is 39.9 Å². The molecule has 0 unspecified atom stereocenters. The summed E-state index contributed by atoms with van der Waals surface area (Å²) in [5.74, 6) is 0.584. The van der Waals surface area contributed by atoms with Crippen LogP contribution in [0.3, 0.4) is 0 Å². The summed E-state index contributed by atoms with van der Waals surface area (Å²) in [5, 5.41) is 8.90. The molecule has 0 radical (unpaired) electrons. The van der Waals surface area contributed by atoms with Gasteiger partial charge in [0.05, 0.1) is 29.4 Å². The van der Waals surface area contributed by atoms with Crippen LogP contribution in [0.4, 0.5) is 0 Å². The fraction of sp³-hybridized carbons (Fsp3) is 0.300. The molecule has 0 amide bonds. The van der Waals surface area contributed by atoms with Gasteiger partial charge in [0.2, 0.25) is 0 Å². The highest BCUT2D eigenvalue weighted by Gasteiger charge is 2.24. The van der Waals surface area contributed by atoms with Crippen LogP contribution in [0, 0.1) is 0 Å². The van der Waals surface area contributed by atoms with E-state index in [0.29, 0.717) is 21.4 Å². The molecule has 1 saturated heterocycles. The average Bonchev–Trinajstić information content (AvgIpc) is 3.72. The Morgan fingerprint density at radius 3 is 2.73 bits per heavy atom. The third-order valence-electron chi connectivity index (χ3n) is 7.19. The van der Waals surface area contributed by atoms with E-state index < -0.39 is 12.1 Å². The van der Waals surface area contributed by atoms with Crippen LogP contribution in [0.15, 0.2) is 61.2 Å². The highest BCUT2D eigenvalue weighted by atomic mass is 35.5. The Bertz CT molecular complexity index is 1700. The summed E-state index contributed by atoms with van der Waals surface area (Å²) in [6.07, 6.45) is 7.07. The zero-order chi connectivity index (χ0) is 28.5. The van der Waals surface area contributed by atoms with E-state index in [9.17, 15) is 4.79 Å². The molecule has 3 aromatic heterocycles. The number of piperidine rings is 1. The van der Waals surface area contributed by atoms with Gasteiger partial charge in [-0.3, -0.25) is 9.25 Å². The van der Waals surface area contributed by atoms with Crippen LogP contribution < -0.4 is 14.8 Å². The lowest BCUT2D eigenvalue weighted by Gasteiger charge is -2.25. The Kier molecular flexibility index (Phi) is 7.70. The summed E-state index contributed by atoms with van der Waals surface area (Å²) < 4.78 is 21.4. The normalized spacial score (nSPS) is 14.7. The first-order chi connectivity index (χ1) is 19.9. The van der Waals surface area contributed by atoms with E-state index in [-0.39, 0.29) is 6.10 Å². The van der Waals surface area contributed by atoms with Crippen LogP contribution in [0.1, 0.15) is 41.1 Å². The van der Waals surface area contributed by atoms with Crippen LogP contribution in [0.2, 0.25) is 5.02 Å². The zero-order valence-electron chi connectivity index (χ0n) is 23.0. The Morgan fingerprint density at radius 1 is 1.15 bits per heavy atom. The molecule has 1 fully saturated rings. The molecule has 212 valence electrons. The molecule has 4 heterocycles. The lowest BCUT2D eigenvalue weighted by Crippen LogP contribution is -2.34. The van der Waals surface area contributed by atoms with E-state index in [4.69, 9.17) is 25.8 Å². The summed E-state index contributed by atoms with van der Waals surface area (Å²) in [7, 11) is 3.25. The maximum atomic E-state index is 12.8. The Labute approximate surface area is 246 Å². The number of esters is 1. The number of aryl methyl sites for hydroxylation is 1. The van der Waals surface area contributed by atoms with E-state index in [2.05, 4.69) is 15.4 Å². The predicted molar refractivity (Wildman–Crippen MR) is 160 cm³/mol. The van der Waals surface area contributed by atoms with Crippen molar-refractivity contribution in [2.75, 3.05) is 20.2 Å². The average molecular weight is 592 g/mol. The molecule has 1 aliphatic heterocycles. The molecule has 41 heavy (non-hydrogen) atoms. The van der Waals surface area contributed by atoms with E-state index in [1.807, 2.05) is 73.4 Å². The molecule has 0 aliphatic carbocycles. The number of ether oxygens (including phenoxy) is 3. The highest BCUT2D eigenvalue weighted by Crippen LogP contribution is 2.40. The second-order valence-electron chi connectivity index (χ2n) is 9.98. The fourth-order valence-corrected chi connectivity index (χ4v) is 6.34. The maximum absolute atomic E-state index is 12.8. The third-order valence-corrected chi connectivity index (χ3v) is 8.69. The predicted octanol–water partition coefficient (Wildman–Crippen LogP) is 6.20. The first-order valence-electron chi connectivity index (χ1n) is 13.4. The third kappa shape index (κ3) is 5.55. The SMILES string of the molecule is COC(=O)c1sc(-n2cnc3cc(-c4cnn(C)c4)ccc32)cc1O[C@H](C)c1cccc(OC2CCNCC2)c1Cl. The van der Waals surface area contributed by atoms with Gasteiger partial charge >= 0.3 is 5.97 Å². The van der Waals surface area contributed by atoms with Gasteiger partial charge in [-0.25, -0.2) is 9.78 Å². The number of rotatable bonds is 8. The topological polar surface area (TPSA) is 92.4 Å². The van der Waals surface area contributed by atoms with Crippen molar-refractivity contribution in [1.82, 2.24) is 24.6 Å². The van der Waals surface area contributed by atoms with Gasteiger partial charge in [-0.2, -0.15) is 5.10 Å². The van der Waals surface area contributed by atoms with Crippen molar-refractivity contribution in [2.45, 2.75) is 32.0 Å². The number of imidazole rings is 1. The number of thiophene rings is 1. The molecular weight excluding hydrogens is 562 g/mol. The molecular formula is C30H30ClN5O4S. The van der Waals surface area contributed by atoms with Gasteiger partial charge in [0.1, 0.15) is 35.0 Å². The van der Waals surface area contributed by atoms with Crippen LogP contribution in [-0.4, -0.2) is 51.6 Å². The van der Waals surface area contributed by atoms with Crippen molar-refractivity contribution in [1.29, 1.82) is 0 Å². The fourth-order valence-electron chi connectivity index (χ4n) is 5.02. The number of carbonyl (C=O) groups is 1. The highest BCUT2D eigenvalue weighted by molar-refractivity contribution is 7.16. The summed E-state index contributed by atoms with van der Waals surface area (Å²) in [6.45, 7) is 3.76. The number of fused-ring (bicyclic) bond motifs is 1. The zero-order valence-corrected chi connectivity index (χ0v) is 24.5. The van der Waals surface area contributed by atoms with Gasteiger partial charge < -0.3 is 19.5 Å². The Morgan fingerprint density at radius 2 is 1.98 bits per heavy atom.